The minimum atomic E-state index is -0.515. The van der Waals surface area contributed by atoms with E-state index >= 15 is 0 Å². The molecule has 1 saturated carbocycles. The molecule has 0 aliphatic heterocycles. The first kappa shape index (κ1) is 20.4. The molecule has 2 unspecified atom stereocenters. The van der Waals surface area contributed by atoms with Crippen LogP contribution in [0.25, 0.3) is 5.57 Å². The Morgan fingerprint density at radius 1 is 1.39 bits per heavy atom. The number of fused-ring (bicyclic) bond motifs is 3. The molecule has 0 aromatic carbocycles. The van der Waals surface area contributed by atoms with Gasteiger partial charge in [-0.05, 0) is 37.2 Å². The molecular weight excluding hydrogens is 348 g/mol. The van der Waals surface area contributed by atoms with E-state index in [1.54, 1.807) is 0 Å². The lowest BCUT2D eigenvalue weighted by Gasteiger charge is -2.52. The molecule has 1 aromatic heterocycles. The summed E-state index contributed by atoms with van der Waals surface area (Å²) in [4.78, 5) is 12.9. The predicted molar refractivity (Wildman–Crippen MR) is 114 cm³/mol. The van der Waals surface area contributed by atoms with Gasteiger partial charge >= 0.3 is 0 Å². The summed E-state index contributed by atoms with van der Waals surface area (Å²) in [5.41, 5.74) is 4.29. The normalized spacial score (nSPS) is 28.5. The highest BCUT2D eigenvalue weighted by molar-refractivity contribution is 6.01. The Balaban J connectivity index is 2.20. The molecule has 1 aromatic rings. The fraction of sp³-hybridized carbons (Fsp3) is 0.500. The molecule has 2 aliphatic rings. The van der Waals surface area contributed by atoms with E-state index in [4.69, 9.17) is 5.10 Å². The van der Waals surface area contributed by atoms with Crippen LogP contribution in [0.1, 0.15) is 63.9 Å². The van der Waals surface area contributed by atoms with Gasteiger partial charge < -0.3 is 5.11 Å². The van der Waals surface area contributed by atoms with Crippen molar-refractivity contribution in [2.75, 3.05) is 0 Å². The molecule has 150 valence electrons. The van der Waals surface area contributed by atoms with E-state index < -0.39 is 5.41 Å². The SMILES string of the molecule is C=C/C=C(\C=C/CC)c1c2c(nn1C)C1(C)C/C(=C/O)C(=O)C(C)(C)C1CC2. The molecule has 0 radical (unpaired) electrons. The van der Waals surface area contributed by atoms with Crippen molar-refractivity contribution < 1.29 is 9.90 Å². The molecule has 28 heavy (non-hydrogen) atoms. The van der Waals surface area contributed by atoms with Gasteiger partial charge in [0.25, 0.3) is 0 Å². The maximum absolute atomic E-state index is 12.9. The fourth-order valence-corrected chi connectivity index (χ4v) is 5.50. The predicted octanol–water partition coefficient (Wildman–Crippen LogP) is 5.22. The van der Waals surface area contributed by atoms with Crippen LogP contribution in [0.3, 0.4) is 0 Å². The standard InChI is InChI=1S/C24H32N2O2/c1-7-9-11-16(10-8-2)20-18-12-13-19-23(3,4)22(28)17(15-27)14-24(19,5)21(18)25-26(20)6/h8-11,15,19,27H,2,7,12-14H2,1,3-6H3/b11-9-,16-10+,17-15-. The van der Waals surface area contributed by atoms with Crippen LogP contribution in [0.5, 0.6) is 0 Å². The van der Waals surface area contributed by atoms with Gasteiger partial charge in [0.2, 0.25) is 0 Å². The number of carbonyl (C=O) groups is 1. The van der Waals surface area contributed by atoms with Gasteiger partial charge in [0.05, 0.1) is 17.6 Å². The first-order chi connectivity index (χ1) is 13.2. The number of rotatable bonds is 4. The number of allylic oxidation sites excluding steroid dienone is 6. The van der Waals surface area contributed by atoms with Gasteiger partial charge in [0, 0.05) is 29.0 Å². The maximum atomic E-state index is 12.9. The molecule has 1 N–H and O–H groups in total. The zero-order valence-corrected chi connectivity index (χ0v) is 17.7. The van der Waals surface area contributed by atoms with E-state index in [1.807, 2.05) is 37.7 Å². The second-order valence-corrected chi connectivity index (χ2v) is 8.86. The number of aryl methyl sites for hydroxylation is 1. The van der Waals surface area contributed by atoms with Gasteiger partial charge in [-0.1, -0.05) is 58.6 Å². The average Bonchev–Trinajstić information content (AvgIpc) is 2.99. The molecule has 1 heterocycles. The lowest BCUT2D eigenvalue weighted by Crippen LogP contribution is -2.53. The van der Waals surface area contributed by atoms with Crippen LogP contribution in [0.15, 0.2) is 42.7 Å². The van der Waals surface area contributed by atoms with E-state index in [-0.39, 0.29) is 17.1 Å². The molecule has 2 aliphatic carbocycles. The Hall–Kier alpha value is -2.36. The van der Waals surface area contributed by atoms with Crippen molar-refractivity contribution in [3.05, 3.63) is 59.7 Å². The third-order valence-corrected chi connectivity index (χ3v) is 6.70. The number of Topliss-reactive ketones (excluding diaryl/α,β-unsaturated/α-hetero) is 1. The number of hydrogen-bond acceptors (Lipinski definition) is 3. The summed E-state index contributed by atoms with van der Waals surface area (Å²) in [6.45, 7) is 12.2. The smallest absolute Gasteiger partial charge is 0.167 e. The van der Waals surface area contributed by atoms with Crippen molar-refractivity contribution in [1.29, 1.82) is 0 Å². The molecule has 3 rings (SSSR count). The number of hydrogen-bond donors (Lipinski definition) is 1. The lowest BCUT2D eigenvalue weighted by molar-refractivity contribution is -0.131. The first-order valence-corrected chi connectivity index (χ1v) is 10.2. The second-order valence-electron chi connectivity index (χ2n) is 8.86. The van der Waals surface area contributed by atoms with Crippen LogP contribution in [0.2, 0.25) is 0 Å². The van der Waals surface area contributed by atoms with E-state index in [1.165, 1.54) is 5.56 Å². The molecule has 1 fully saturated rings. The molecular formula is C24H32N2O2. The van der Waals surface area contributed by atoms with E-state index in [9.17, 15) is 9.90 Å². The van der Waals surface area contributed by atoms with Gasteiger partial charge in [-0.3, -0.25) is 9.48 Å². The van der Waals surface area contributed by atoms with Crippen LogP contribution >= 0.6 is 0 Å². The zero-order chi connectivity index (χ0) is 20.7. The maximum Gasteiger partial charge on any atom is 0.167 e. The van der Waals surface area contributed by atoms with E-state index in [0.29, 0.717) is 12.0 Å². The minimum Gasteiger partial charge on any atom is -0.515 e. The Labute approximate surface area is 168 Å². The van der Waals surface area contributed by atoms with Crippen molar-refractivity contribution in [2.45, 2.75) is 58.8 Å². The largest absolute Gasteiger partial charge is 0.515 e. The third kappa shape index (κ3) is 2.90. The molecule has 4 heteroatoms. The number of aliphatic hydroxyl groups excluding tert-OH is 1. The Kier molecular flexibility index (Phi) is 5.26. The van der Waals surface area contributed by atoms with Crippen LogP contribution in [0.4, 0.5) is 0 Å². The summed E-state index contributed by atoms with van der Waals surface area (Å²) in [5, 5.41) is 14.7. The highest BCUT2D eigenvalue weighted by Gasteiger charge is 2.57. The van der Waals surface area contributed by atoms with Crippen molar-refractivity contribution in [3.63, 3.8) is 0 Å². The van der Waals surface area contributed by atoms with Crippen LogP contribution in [0, 0.1) is 11.3 Å². The van der Waals surface area contributed by atoms with Gasteiger partial charge in [-0.15, -0.1) is 0 Å². The fourth-order valence-electron chi connectivity index (χ4n) is 5.50. The minimum absolute atomic E-state index is 0.0650. The third-order valence-electron chi connectivity index (χ3n) is 6.70. The van der Waals surface area contributed by atoms with Crippen molar-refractivity contribution in [1.82, 2.24) is 9.78 Å². The molecule has 2 atom stereocenters. The molecule has 0 spiro atoms. The molecule has 0 saturated heterocycles. The van der Waals surface area contributed by atoms with Crippen molar-refractivity contribution >= 4 is 11.4 Å². The molecule has 0 amide bonds. The second kappa shape index (κ2) is 7.23. The average molecular weight is 381 g/mol. The van der Waals surface area contributed by atoms with Crippen LogP contribution in [-0.4, -0.2) is 20.7 Å². The van der Waals surface area contributed by atoms with Gasteiger partial charge in [-0.2, -0.15) is 5.10 Å². The Morgan fingerprint density at radius 2 is 2.11 bits per heavy atom. The first-order valence-electron chi connectivity index (χ1n) is 10.2. The summed E-state index contributed by atoms with van der Waals surface area (Å²) in [6.07, 6.45) is 12.5. The zero-order valence-electron chi connectivity index (χ0n) is 17.7. The number of carbonyl (C=O) groups excluding carboxylic acids is 1. The summed E-state index contributed by atoms with van der Waals surface area (Å²) in [7, 11) is 1.99. The monoisotopic (exact) mass is 380 g/mol. The van der Waals surface area contributed by atoms with E-state index in [0.717, 1.165) is 42.5 Å². The number of aromatic nitrogens is 2. The van der Waals surface area contributed by atoms with Crippen molar-refractivity contribution in [2.24, 2.45) is 18.4 Å². The summed E-state index contributed by atoms with van der Waals surface area (Å²) < 4.78 is 1.97. The van der Waals surface area contributed by atoms with E-state index in [2.05, 4.69) is 32.6 Å². The highest BCUT2D eigenvalue weighted by atomic mass is 16.2. The van der Waals surface area contributed by atoms with Crippen LogP contribution < -0.4 is 0 Å². The topological polar surface area (TPSA) is 55.1 Å². The highest BCUT2D eigenvalue weighted by Crippen LogP contribution is 2.57. The number of aliphatic hydroxyl groups is 1. The van der Waals surface area contributed by atoms with Gasteiger partial charge in [0.15, 0.2) is 5.78 Å². The van der Waals surface area contributed by atoms with Crippen molar-refractivity contribution in [3.8, 4) is 0 Å². The van der Waals surface area contributed by atoms with Crippen LogP contribution in [-0.2, 0) is 23.7 Å². The molecule has 0 bridgehead atoms. The number of nitrogens with zero attached hydrogens (tertiary/aromatic N) is 2. The quantitative estimate of drug-likeness (QED) is 0.443. The van der Waals surface area contributed by atoms with Gasteiger partial charge in [0.1, 0.15) is 0 Å². The number of ketones is 1. The Morgan fingerprint density at radius 3 is 2.71 bits per heavy atom. The summed E-state index contributed by atoms with van der Waals surface area (Å²) in [5.74, 6) is 0.264. The lowest BCUT2D eigenvalue weighted by atomic mass is 9.50. The van der Waals surface area contributed by atoms with Gasteiger partial charge in [-0.25, -0.2) is 0 Å². The molecule has 4 nitrogen and oxygen atoms in total. The summed E-state index contributed by atoms with van der Waals surface area (Å²) in [6, 6.07) is 0. The summed E-state index contributed by atoms with van der Waals surface area (Å²) >= 11 is 0. The Bertz CT molecular complexity index is 898.